The van der Waals surface area contributed by atoms with Crippen molar-refractivity contribution in [3.8, 4) is 0 Å². The Hall–Kier alpha value is -0.120. The Kier molecular flexibility index (Phi) is 7.32. The average Bonchev–Trinajstić information content (AvgIpc) is 2.67. The summed E-state index contributed by atoms with van der Waals surface area (Å²) in [4.78, 5) is 2.73. The van der Waals surface area contributed by atoms with Crippen LogP contribution in [0.4, 0.5) is 0 Å². The summed E-state index contributed by atoms with van der Waals surface area (Å²) < 4.78 is 5.17. The van der Waals surface area contributed by atoms with Crippen LogP contribution >= 0.6 is 0 Å². The number of nitrogens with zero attached hydrogens (tertiary/aromatic N) is 1. The van der Waals surface area contributed by atoms with Crippen LogP contribution < -0.4 is 5.32 Å². The molecule has 1 saturated carbocycles. The largest absolute Gasteiger partial charge is 0.385 e. The van der Waals surface area contributed by atoms with Gasteiger partial charge in [0.15, 0.2) is 0 Å². The molecule has 0 radical (unpaired) electrons. The van der Waals surface area contributed by atoms with E-state index in [1.54, 1.807) is 7.11 Å². The third-order valence-electron chi connectivity index (χ3n) is 5.29. The molecule has 2 unspecified atom stereocenters. The van der Waals surface area contributed by atoms with E-state index in [4.69, 9.17) is 4.74 Å². The highest BCUT2D eigenvalue weighted by molar-refractivity contribution is 4.86. The predicted octanol–water partition coefficient (Wildman–Crippen LogP) is 3.05. The molecule has 0 spiro atoms. The van der Waals surface area contributed by atoms with E-state index in [-0.39, 0.29) is 0 Å². The van der Waals surface area contributed by atoms with Crippen molar-refractivity contribution in [1.29, 1.82) is 0 Å². The van der Waals surface area contributed by atoms with E-state index in [0.29, 0.717) is 0 Å². The standard InChI is InChI=1S/C17H34N2O/c1-15-10-11-18-17(16-8-4-3-5-9-16)14-19(15)12-6-7-13-20-2/h15-18H,3-14H2,1-2H3. The fourth-order valence-corrected chi connectivity index (χ4v) is 3.88. The maximum absolute atomic E-state index is 5.17. The summed E-state index contributed by atoms with van der Waals surface area (Å²) in [6.45, 7) is 7.03. The van der Waals surface area contributed by atoms with Crippen molar-refractivity contribution in [3.05, 3.63) is 0 Å². The summed E-state index contributed by atoms with van der Waals surface area (Å²) >= 11 is 0. The van der Waals surface area contributed by atoms with Crippen LogP contribution in [0, 0.1) is 5.92 Å². The highest BCUT2D eigenvalue weighted by Crippen LogP contribution is 2.28. The first-order chi connectivity index (χ1) is 9.81. The highest BCUT2D eigenvalue weighted by atomic mass is 16.5. The van der Waals surface area contributed by atoms with Gasteiger partial charge in [-0.2, -0.15) is 0 Å². The minimum Gasteiger partial charge on any atom is -0.385 e. The molecule has 2 aliphatic rings. The molecule has 0 aromatic carbocycles. The lowest BCUT2D eigenvalue weighted by molar-refractivity contribution is 0.155. The van der Waals surface area contributed by atoms with E-state index in [2.05, 4.69) is 17.1 Å². The lowest BCUT2D eigenvalue weighted by Gasteiger charge is -2.34. The summed E-state index contributed by atoms with van der Waals surface area (Å²) in [5.41, 5.74) is 0. The summed E-state index contributed by atoms with van der Waals surface area (Å²) in [6, 6.07) is 1.47. The second kappa shape index (κ2) is 9.01. The summed E-state index contributed by atoms with van der Waals surface area (Å²) in [6.07, 6.45) is 11.0. The molecule has 118 valence electrons. The minimum atomic E-state index is 0.735. The zero-order valence-electron chi connectivity index (χ0n) is 13.6. The van der Waals surface area contributed by atoms with Gasteiger partial charge in [0.05, 0.1) is 0 Å². The molecule has 1 N–H and O–H groups in total. The van der Waals surface area contributed by atoms with Crippen LogP contribution in [0.2, 0.25) is 0 Å². The van der Waals surface area contributed by atoms with Crippen LogP contribution in [-0.2, 0) is 4.74 Å². The van der Waals surface area contributed by atoms with Gasteiger partial charge in [0.2, 0.25) is 0 Å². The Morgan fingerprint density at radius 1 is 1.10 bits per heavy atom. The van der Waals surface area contributed by atoms with Crippen molar-refractivity contribution in [2.45, 2.75) is 70.4 Å². The number of hydrogen-bond donors (Lipinski definition) is 1. The molecule has 20 heavy (non-hydrogen) atoms. The van der Waals surface area contributed by atoms with Gasteiger partial charge >= 0.3 is 0 Å². The predicted molar refractivity (Wildman–Crippen MR) is 85.1 cm³/mol. The smallest absolute Gasteiger partial charge is 0.0462 e. The monoisotopic (exact) mass is 282 g/mol. The zero-order chi connectivity index (χ0) is 14.2. The molecule has 2 fully saturated rings. The summed E-state index contributed by atoms with van der Waals surface area (Å²) in [7, 11) is 1.80. The Labute approximate surface area is 125 Å². The summed E-state index contributed by atoms with van der Waals surface area (Å²) in [5.74, 6) is 0.926. The highest BCUT2D eigenvalue weighted by Gasteiger charge is 2.28. The van der Waals surface area contributed by atoms with Crippen molar-refractivity contribution < 1.29 is 4.74 Å². The molecule has 3 heteroatoms. The molecule has 0 aromatic heterocycles. The van der Waals surface area contributed by atoms with E-state index in [1.165, 1.54) is 71.0 Å². The second-order valence-electron chi connectivity index (χ2n) is 6.79. The van der Waals surface area contributed by atoms with Gasteiger partial charge in [0.25, 0.3) is 0 Å². The van der Waals surface area contributed by atoms with Gasteiger partial charge in [-0.05, 0) is 58.0 Å². The Morgan fingerprint density at radius 3 is 2.65 bits per heavy atom. The first kappa shape index (κ1) is 16.3. The van der Waals surface area contributed by atoms with Crippen LogP contribution in [0.15, 0.2) is 0 Å². The second-order valence-corrected chi connectivity index (χ2v) is 6.79. The molecule has 1 aliphatic heterocycles. The topological polar surface area (TPSA) is 24.5 Å². The average molecular weight is 282 g/mol. The fourth-order valence-electron chi connectivity index (χ4n) is 3.88. The molecular weight excluding hydrogens is 248 g/mol. The molecule has 1 saturated heterocycles. The van der Waals surface area contributed by atoms with Crippen molar-refractivity contribution in [2.75, 3.05) is 33.4 Å². The molecule has 2 atom stereocenters. The SMILES string of the molecule is COCCCCN1CC(C2CCCCC2)NCCC1C. The fraction of sp³-hybridized carbons (Fsp3) is 1.00. The van der Waals surface area contributed by atoms with Crippen LogP contribution in [0.5, 0.6) is 0 Å². The van der Waals surface area contributed by atoms with Gasteiger partial charge < -0.3 is 10.1 Å². The number of methoxy groups -OCH3 is 1. The first-order valence-corrected chi connectivity index (χ1v) is 8.77. The van der Waals surface area contributed by atoms with Gasteiger partial charge in [0, 0.05) is 32.3 Å². The molecular formula is C17H34N2O. The van der Waals surface area contributed by atoms with Gasteiger partial charge in [0.1, 0.15) is 0 Å². The van der Waals surface area contributed by atoms with Crippen LogP contribution in [0.1, 0.15) is 58.3 Å². The maximum atomic E-state index is 5.17. The molecule has 3 nitrogen and oxygen atoms in total. The Balaban J connectivity index is 1.81. The number of hydrogen-bond acceptors (Lipinski definition) is 3. The molecule has 0 amide bonds. The maximum Gasteiger partial charge on any atom is 0.0462 e. The summed E-state index contributed by atoms with van der Waals surface area (Å²) in [5, 5.41) is 3.85. The number of unbranched alkanes of at least 4 members (excludes halogenated alkanes) is 1. The van der Waals surface area contributed by atoms with Gasteiger partial charge in [-0.15, -0.1) is 0 Å². The van der Waals surface area contributed by atoms with E-state index in [9.17, 15) is 0 Å². The normalized spacial score (nSPS) is 30.3. The van der Waals surface area contributed by atoms with E-state index in [1.807, 2.05) is 0 Å². The number of rotatable bonds is 6. The lowest BCUT2D eigenvalue weighted by atomic mass is 9.83. The van der Waals surface area contributed by atoms with Crippen molar-refractivity contribution >= 4 is 0 Å². The first-order valence-electron chi connectivity index (χ1n) is 8.77. The number of nitrogens with one attached hydrogen (secondary N) is 1. The number of ether oxygens (including phenoxy) is 1. The zero-order valence-corrected chi connectivity index (χ0v) is 13.6. The Bertz CT molecular complexity index is 253. The minimum absolute atomic E-state index is 0.735. The molecule has 1 aliphatic carbocycles. The van der Waals surface area contributed by atoms with Crippen molar-refractivity contribution in [1.82, 2.24) is 10.2 Å². The van der Waals surface area contributed by atoms with E-state index in [0.717, 1.165) is 24.6 Å². The van der Waals surface area contributed by atoms with Gasteiger partial charge in [-0.25, -0.2) is 0 Å². The molecule has 0 aromatic rings. The van der Waals surface area contributed by atoms with E-state index >= 15 is 0 Å². The third-order valence-corrected chi connectivity index (χ3v) is 5.29. The third kappa shape index (κ3) is 5.01. The molecule has 2 rings (SSSR count). The quantitative estimate of drug-likeness (QED) is 0.758. The van der Waals surface area contributed by atoms with Gasteiger partial charge in [-0.1, -0.05) is 19.3 Å². The van der Waals surface area contributed by atoms with E-state index < -0.39 is 0 Å². The van der Waals surface area contributed by atoms with Crippen LogP contribution in [0.25, 0.3) is 0 Å². The van der Waals surface area contributed by atoms with Crippen molar-refractivity contribution in [2.24, 2.45) is 5.92 Å². The van der Waals surface area contributed by atoms with Crippen LogP contribution in [0.3, 0.4) is 0 Å². The lowest BCUT2D eigenvalue weighted by Crippen LogP contribution is -2.45. The van der Waals surface area contributed by atoms with Gasteiger partial charge in [-0.3, -0.25) is 4.90 Å². The molecule has 0 bridgehead atoms. The van der Waals surface area contributed by atoms with Crippen LogP contribution in [-0.4, -0.2) is 50.3 Å². The Morgan fingerprint density at radius 2 is 1.90 bits per heavy atom. The molecule has 1 heterocycles. The van der Waals surface area contributed by atoms with Crippen molar-refractivity contribution in [3.63, 3.8) is 0 Å².